The molecule has 0 atom stereocenters. The van der Waals surface area contributed by atoms with Gasteiger partial charge in [-0.05, 0) is 18.6 Å². The van der Waals surface area contributed by atoms with Gasteiger partial charge in [0.1, 0.15) is 0 Å². The molecule has 0 fully saturated rings. The van der Waals surface area contributed by atoms with Crippen LogP contribution in [0.1, 0.15) is 11.3 Å². The Morgan fingerprint density at radius 3 is 2.60 bits per heavy atom. The molecular formula is C13H10F3N3O. The van der Waals surface area contributed by atoms with Crippen LogP contribution in [0, 0.1) is 0 Å². The van der Waals surface area contributed by atoms with Crippen molar-refractivity contribution in [1.29, 1.82) is 0 Å². The summed E-state index contributed by atoms with van der Waals surface area (Å²) in [5.41, 5.74) is 0.224. The lowest BCUT2D eigenvalue weighted by Gasteiger charge is -2.11. The molecule has 0 spiro atoms. The maximum absolute atomic E-state index is 13.0. The predicted octanol–water partition coefficient (Wildman–Crippen LogP) is 2.44. The molecule has 104 valence electrons. The van der Waals surface area contributed by atoms with Gasteiger partial charge in [-0.2, -0.15) is 13.2 Å². The molecule has 0 aliphatic heterocycles. The quantitative estimate of drug-likeness (QED) is 0.785. The summed E-state index contributed by atoms with van der Waals surface area (Å²) in [4.78, 5) is 7.70. The summed E-state index contributed by atoms with van der Waals surface area (Å²) in [6.45, 7) is -0.372. The minimum atomic E-state index is -4.57. The lowest BCUT2D eigenvalue weighted by Crippen LogP contribution is -2.14. The molecule has 7 heteroatoms. The highest BCUT2D eigenvalue weighted by Gasteiger charge is 2.36. The number of aliphatic hydroxyl groups excluding tert-OH is 1. The van der Waals surface area contributed by atoms with Crippen molar-refractivity contribution in [2.45, 2.75) is 12.6 Å². The third-order valence-corrected chi connectivity index (χ3v) is 3.03. The van der Waals surface area contributed by atoms with Gasteiger partial charge in [-0.1, -0.05) is 12.1 Å². The Bertz CT molecular complexity index is 779. The Hall–Kier alpha value is -2.15. The molecule has 0 saturated carbocycles. The number of imidazole rings is 1. The minimum absolute atomic E-state index is 0.000199. The Morgan fingerprint density at radius 2 is 1.90 bits per heavy atom. The molecule has 1 N–H and O–H groups in total. The second-order valence-corrected chi connectivity index (χ2v) is 4.36. The van der Waals surface area contributed by atoms with Gasteiger partial charge >= 0.3 is 6.18 Å². The molecule has 3 aromatic rings. The van der Waals surface area contributed by atoms with Crippen molar-refractivity contribution in [3.8, 4) is 0 Å². The van der Waals surface area contributed by atoms with E-state index in [1.54, 1.807) is 24.3 Å². The molecule has 3 rings (SSSR count). The van der Waals surface area contributed by atoms with Crippen molar-refractivity contribution in [3.63, 3.8) is 0 Å². The first kappa shape index (κ1) is 12.9. The van der Waals surface area contributed by atoms with Crippen molar-refractivity contribution in [2.75, 3.05) is 6.61 Å². The zero-order valence-corrected chi connectivity index (χ0v) is 10.2. The van der Waals surface area contributed by atoms with Crippen LogP contribution in [0.2, 0.25) is 0 Å². The zero-order chi connectivity index (χ0) is 14.3. The van der Waals surface area contributed by atoms with Crippen molar-refractivity contribution < 1.29 is 18.3 Å². The Labute approximate surface area is 111 Å². The van der Waals surface area contributed by atoms with Crippen LogP contribution in [-0.2, 0) is 12.6 Å². The van der Waals surface area contributed by atoms with Crippen LogP contribution in [0.3, 0.4) is 0 Å². The van der Waals surface area contributed by atoms with Crippen molar-refractivity contribution in [3.05, 3.63) is 41.7 Å². The summed E-state index contributed by atoms with van der Waals surface area (Å²) in [5, 5.41) is 8.93. The summed E-state index contributed by atoms with van der Waals surface area (Å²) in [7, 11) is 0. The Balaban J connectivity index is 2.35. The largest absolute Gasteiger partial charge is 0.433 e. The van der Waals surface area contributed by atoms with Gasteiger partial charge in [0.25, 0.3) is 0 Å². The fourth-order valence-corrected chi connectivity index (χ4v) is 2.18. The Kier molecular flexibility index (Phi) is 2.86. The maximum Gasteiger partial charge on any atom is 0.433 e. The first-order valence-corrected chi connectivity index (χ1v) is 5.95. The topological polar surface area (TPSA) is 50.4 Å². The monoisotopic (exact) mass is 281 g/mol. The van der Waals surface area contributed by atoms with E-state index in [-0.39, 0.29) is 24.4 Å². The number of benzene rings is 1. The van der Waals surface area contributed by atoms with E-state index in [1.807, 2.05) is 0 Å². The molecule has 0 bridgehead atoms. The summed E-state index contributed by atoms with van der Waals surface area (Å²) in [6.07, 6.45) is -3.33. The lowest BCUT2D eigenvalue weighted by atomic mass is 10.1. The number of hydrogen-bond donors (Lipinski definition) is 1. The molecule has 1 aromatic carbocycles. The number of para-hydroxylation sites is 2. The van der Waals surface area contributed by atoms with Gasteiger partial charge in [0.2, 0.25) is 5.78 Å². The van der Waals surface area contributed by atoms with Crippen LogP contribution < -0.4 is 0 Å². The third kappa shape index (κ3) is 2.00. The first-order chi connectivity index (χ1) is 9.50. The number of nitrogens with zero attached hydrogens (tertiary/aromatic N) is 3. The van der Waals surface area contributed by atoms with E-state index in [9.17, 15) is 13.2 Å². The van der Waals surface area contributed by atoms with E-state index >= 15 is 0 Å². The standard InChI is InChI=1S/C13H10F3N3O/c14-13(15,16)11-8(5-6-20)7-19-10-4-2-1-3-9(10)17-12(19)18-11/h1-4,7,20H,5-6H2. The molecule has 0 unspecified atom stereocenters. The summed E-state index contributed by atoms with van der Waals surface area (Å²) >= 11 is 0. The maximum atomic E-state index is 13.0. The highest BCUT2D eigenvalue weighted by atomic mass is 19.4. The molecule has 0 aliphatic carbocycles. The van der Waals surface area contributed by atoms with Crippen LogP contribution in [0.5, 0.6) is 0 Å². The number of rotatable bonds is 2. The van der Waals surface area contributed by atoms with Gasteiger partial charge < -0.3 is 5.11 Å². The van der Waals surface area contributed by atoms with Gasteiger partial charge in [-0.25, -0.2) is 9.97 Å². The van der Waals surface area contributed by atoms with Crippen LogP contribution in [0.4, 0.5) is 13.2 Å². The number of halogens is 3. The van der Waals surface area contributed by atoms with Gasteiger partial charge in [0, 0.05) is 18.4 Å². The predicted molar refractivity (Wildman–Crippen MR) is 66.3 cm³/mol. The summed E-state index contributed by atoms with van der Waals surface area (Å²) in [6, 6.07) is 7.00. The van der Waals surface area contributed by atoms with Gasteiger partial charge in [0.15, 0.2) is 5.69 Å². The first-order valence-electron chi connectivity index (χ1n) is 5.95. The molecule has 2 aromatic heterocycles. The third-order valence-electron chi connectivity index (χ3n) is 3.03. The molecule has 0 aliphatic rings. The minimum Gasteiger partial charge on any atom is -0.396 e. The highest BCUT2D eigenvalue weighted by molar-refractivity contribution is 5.79. The van der Waals surface area contributed by atoms with Gasteiger partial charge in [-0.3, -0.25) is 4.40 Å². The van der Waals surface area contributed by atoms with E-state index in [4.69, 9.17) is 5.11 Å². The van der Waals surface area contributed by atoms with Gasteiger partial charge in [0.05, 0.1) is 11.0 Å². The lowest BCUT2D eigenvalue weighted by molar-refractivity contribution is -0.141. The molecule has 4 nitrogen and oxygen atoms in total. The van der Waals surface area contributed by atoms with E-state index in [2.05, 4.69) is 9.97 Å². The number of aliphatic hydroxyl groups is 1. The van der Waals surface area contributed by atoms with Crippen molar-refractivity contribution in [1.82, 2.24) is 14.4 Å². The van der Waals surface area contributed by atoms with Crippen LogP contribution in [0.25, 0.3) is 16.8 Å². The average molecular weight is 281 g/mol. The molecule has 0 saturated heterocycles. The fraction of sp³-hybridized carbons (Fsp3) is 0.231. The molecule has 0 amide bonds. The van der Waals surface area contributed by atoms with E-state index in [0.29, 0.717) is 11.0 Å². The smallest absolute Gasteiger partial charge is 0.396 e. The Morgan fingerprint density at radius 1 is 1.15 bits per heavy atom. The van der Waals surface area contributed by atoms with E-state index < -0.39 is 11.9 Å². The van der Waals surface area contributed by atoms with Crippen LogP contribution in [0.15, 0.2) is 30.5 Å². The molecular weight excluding hydrogens is 271 g/mol. The molecule has 0 radical (unpaired) electrons. The van der Waals surface area contributed by atoms with Crippen LogP contribution >= 0.6 is 0 Å². The van der Waals surface area contributed by atoms with E-state index in [0.717, 1.165) is 0 Å². The van der Waals surface area contributed by atoms with Crippen molar-refractivity contribution in [2.24, 2.45) is 0 Å². The average Bonchev–Trinajstić information content (AvgIpc) is 2.75. The number of alkyl halides is 3. The number of fused-ring (bicyclic) bond motifs is 3. The highest BCUT2D eigenvalue weighted by Crippen LogP contribution is 2.31. The number of aromatic nitrogens is 3. The SMILES string of the molecule is OCCc1cn2c(nc1C(F)(F)F)nc1ccccc12. The summed E-state index contributed by atoms with van der Waals surface area (Å²) in [5.74, 6) is 0.000199. The molecule has 2 heterocycles. The molecule has 20 heavy (non-hydrogen) atoms. The van der Waals surface area contributed by atoms with E-state index in [1.165, 1.54) is 10.6 Å². The van der Waals surface area contributed by atoms with Crippen LogP contribution in [-0.4, -0.2) is 26.1 Å². The van der Waals surface area contributed by atoms with Crippen molar-refractivity contribution >= 4 is 16.8 Å². The normalized spacial score (nSPS) is 12.4. The second-order valence-electron chi connectivity index (χ2n) is 4.36. The fourth-order valence-electron chi connectivity index (χ4n) is 2.18. The van der Waals surface area contributed by atoms with Gasteiger partial charge in [-0.15, -0.1) is 0 Å². The second kappa shape index (κ2) is 4.45. The zero-order valence-electron chi connectivity index (χ0n) is 10.2. The number of hydrogen-bond acceptors (Lipinski definition) is 3. The summed E-state index contributed by atoms with van der Waals surface area (Å²) < 4.78 is 40.4.